The Morgan fingerprint density at radius 3 is 2.26 bits per heavy atom. The molecule has 0 heterocycles. The van der Waals surface area contributed by atoms with Gasteiger partial charge in [0.2, 0.25) is 5.91 Å². The number of aliphatic hydroxyl groups is 1. The Kier molecular flexibility index (Phi) is 7.74. The fraction of sp³-hybridized carbons (Fsp3) is 0.750. The quantitative estimate of drug-likeness (QED) is 0.534. The minimum atomic E-state index is -1.26. The van der Waals surface area contributed by atoms with Crippen molar-refractivity contribution in [2.24, 2.45) is 5.92 Å². The Morgan fingerprint density at radius 2 is 1.84 bits per heavy atom. The van der Waals surface area contributed by atoms with Crippen molar-refractivity contribution in [1.29, 1.82) is 0 Å². The largest absolute Gasteiger partial charge is 0.480 e. The first-order valence-electron chi connectivity index (χ1n) is 6.06. The average Bonchev–Trinajstić information content (AvgIpc) is 2.32. The van der Waals surface area contributed by atoms with E-state index in [1.807, 2.05) is 13.8 Å². The van der Waals surface area contributed by atoms with Crippen molar-refractivity contribution in [3.63, 3.8) is 0 Å². The second-order valence-electron chi connectivity index (χ2n) is 4.66. The lowest BCUT2D eigenvalue weighted by atomic mass is 10.0. The van der Waals surface area contributed by atoms with Gasteiger partial charge in [0.25, 0.3) is 0 Å². The summed E-state index contributed by atoms with van der Waals surface area (Å²) in [7, 11) is 1.20. The Balaban J connectivity index is 4.37. The van der Waals surface area contributed by atoms with Crippen molar-refractivity contribution >= 4 is 17.8 Å². The van der Waals surface area contributed by atoms with Crippen molar-refractivity contribution in [2.75, 3.05) is 7.11 Å². The first kappa shape index (κ1) is 17.4. The van der Waals surface area contributed by atoms with E-state index in [0.717, 1.165) is 0 Å². The van der Waals surface area contributed by atoms with Crippen molar-refractivity contribution in [2.45, 2.75) is 45.3 Å². The summed E-state index contributed by atoms with van der Waals surface area (Å²) in [5, 5.41) is 20.7. The van der Waals surface area contributed by atoms with Crippen molar-refractivity contribution < 1.29 is 29.3 Å². The molecule has 7 nitrogen and oxygen atoms in total. The molecule has 0 aromatic rings. The van der Waals surface area contributed by atoms with Gasteiger partial charge in [0.1, 0.15) is 12.1 Å². The molecule has 7 heteroatoms. The lowest BCUT2D eigenvalue weighted by molar-refractivity contribution is -0.145. The summed E-state index contributed by atoms with van der Waals surface area (Å²) in [6.07, 6.45) is -1.20. The van der Waals surface area contributed by atoms with Gasteiger partial charge in [-0.1, -0.05) is 13.8 Å². The number of nitrogens with one attached hydrogen (secondary N) is 1. The Hall–Kier alpha value is -1.63. The SMILES string of the molecule is COC(=O)CC[C@@H](NC(=O)[C@H](O)CC(C)C)C(=O)O. The predicted molar refractivity (Wildman–Crippen MR) is 66.3 cm³/mol. The molecular formula is C12H21NO6. The van der Waals surface area contributed by atoms with Crippen LogP contribution in [0.5, 0.6) is 0 Å². The van der Waals surface area contributed by atoms with Crippen LogP contribution in [0.25, 0.3) is 0 Å². The molecule has 0 bridgehead atoms. The smallest absolute Gasteiger partial charge is 0.326 e. The third-order valence-electron chi connectivity index (χ3n) is 2.48. The lowest BCUT2D eigenvalue weighted by Gasteiger charge is -2.17. The molecule has 1 amide bonds. The van der Waals surface area contributed by atoms with E-state index in [0.29, 0.717) is 0 Å². The molecule has 3 N–H and O–H groups in total. The number of rotatable bonds is 8. The summed E-state index contributed by atoms with van der Waals surface area (Å²) >= 11 is 0. The summed E-state index contributed by atoms with van der Waals surface area (Å²) in [6, 6.07) is -1.21. The summed E-state index contributed by atoms with van der Waals surface area (Å²) in [6.45, 7) is 3.67. The van der Waals surface area contributed by atoms with Gasteiger partial charge in [0.15, 0.2) is 0 Å². The fourth-order valence-electron chi connectivity index (χ4n) is 1.44. The van der Waals surface area contributed by atoms with Gasteiger partial charge in [-0.15, -0.1) is 0 Å². The molecule has 0 saturated heterocycles. The maximum atomic E-state index is 11.6. The molecule has 19 heavy (non-hydrogen) atoms. The first-order valence-corrected chi connectivity index (χ1v) is 6.06. The van der Waals surface area contributed by atoms with Gasteiger partial charge in [-0.3, -0.25) is 9.59 Å². The second-order valence-corrected chi connectivity index (χ2v) is 4.66. The minimum absolute atomic E-state index is 0.0812. The predicted octanol–water partition coefficient (Wildman–Crippen LogP) is -0.0840. The van der Waals surface area contributed by atoms with E-state index in [2.05, 4.69) is 10.1 Å². The van der Waals surface area contributed by atoms with E-state index in [1.54, 1.807) is 0 Å². The van der Waals surface area contributed by atoms with Gasteiger partial charge < -0.3 is 20.3 Å². The number of amides is 1. The number of carboxylic acids is 1. The normalized spacial score (nSPS) is 13.7. The monoisotopic (exact) mass is 275 g/mol. The number of aliphatic carboxylic acids is 1. The number of carbonyl (C=O) groups excluding carboxylic acids is 2. The molecule has 0 radical (unpaired) electrons. The van der Waals surface area contributed by atoms with Gasteiger partial charge in [-0.25, -0.2) is 4.79 Å². The molecule has 0 unspecified atom stereocenters. The highest BCUT2D eigenvalue weighted by molar-refractivity contribution is 5.86. The second kappa shape index (κ2) is 8.47. The molecule has 0 aliphatic heterocycles. The fourth-order valence-corrected chi connectivity index (χ4v) is 1.44. The highest BCUT2D eigenvalue weighted by Gasteiger charge is 2.25. The first-order chi connectivity index (χ1) is 8.77. The van der Waals surface area contributed by atoms with Crippen LogP contribution in [0, 0.1) is 5.92 Å². The minimum Gasteiger partial charge on any atom is -0.480 e. The zero-order valence-electron chi connectivity index (χ0n) is 11.4. The number of esters is 1. The molecule has 0 aromatic heterocycles. The van der Waals surface area contributed by atoms with Crippen LogP contribution in [-0.4, -0.2) is 47.3 Å². The third kappa shape index (κ3) is 7.40. The molecular weight excluding hydrogens is 254 g/mol. The zero-order chi connectivity index (χ0) is 15.0. The van der Waals surface area contributed by atoms with Gasteiger partial charge in [0, 0.05) is 6.42 Å². The number of hydrogen-bond acceptors (Lipinski definition) is 5. The Bertz CT molecular complexity index is 328. The number of aliphatic hydroxyl groups excluding tert-OH is 1. The number of hydrogen-bond donors (Lipinski definition) is 3. The lowest BCUT2D eigenvalue weighted by Crippen LogP contribution is -2.46. The highest BCUT2D eigenvalue weighted by atomic mass is 16.5. The molecule has 0 fully saturated rings. The molecule has 0 spiro atoms. The maximum absolute atomic E-state index is 11.6. The maximum Gasteiger partial charge on any atom is 0.326 e. The molecule has 0 aliphatic rings. The Labute approximate surface area is 111 Å². The van der Waals surface area contributed by atoms with Crippen LogP contribution in [0.15, 0.2) is 0 Å². The van der Waals surface area contributed by atoms with E-state index in [-0.39, 0.29) is 25.2 Å². The van der Waals surface area contributed by atoms with E-state index in [9.17, 15) is 19.5 Å². The number of methoxy groups -OCH3 is 1. The van der Waals surface area contributed by atoms with Crippen LogP contribution >= 0.6 is 0 Å². The van der Waals surface area contributed by atoms with Crippen molar-refractivity contribution in [3.8, 4) is 0 Å². The van der Waals surface area contributed by atoms with Crippen LogP contribution in [0.2, 0.25) is 0 Å². The molecule has 110 valence electrons. The molecule has 0 saturated carbocycles. The summed E-state index contributed by atoms with van der Waals surface area (Å²) in [4.78, 5) is 33.4. The highest BCUT2D eigenvalue weighted by Crippen LogP contribution is 2.06. The summed E-state index contributed by atoms with van der Waals surface area (Å²) in [5.41, 5.74) is 0. The van der Waals surface area contributed by atoms with E-state index in [1.165, 1.54) is 7.11 Å². The van der Waals surface area contributed by atoms with Crippen molar-refractivity contribution in [1.82, 2.24) is 5.32 Å². The van der Waals surface area contributed by atoms with Gasteiger partial charge >= 0.3 is 11.9 Å². The van der Waals surface area contributed by atoms with Crippen LogP contribution < -0.4 is 5.32 Å². The molecule has 0 rings (SSSR count). The van der Waals surface area contributed by atoms with Crippen LogP contribution in [-0.2, 0) is 19.1 Å². The van der Waals surface area contributed by atoms with Crippen molar-refractivity contribution in [3.05, 3.63) is 0 Å². The third-order valence-corrected chi connectivity index (χ3v) is 2.48. The van der Waals surface area contributed by atoms with Crippen LogP contribution in [0.1, 0.15) is 33.1 Å². The van der Waals surface area contributed by atoms with Gasteiger partial charge in [-0.05, 0) is 18.8 Å². The van der Waals surface area contributed by atoms with E-state index >= 15 is 0 Å². The van der Waals surface area contributed by atoms with Gasteiger partial charge in [0.05, 0.1) is 7.11 Å². The zero-order valence-corrected chi connectivity index (χ0v) is 11.4. The number of carboxylic acid groups (broad SMARTS) is 1. The summed E-state index contributed by atoms with van der Waals surface area (Å²) in [5.74, 6) is -2.44. The number of carbonyl (C=O) groups is 3. The molecule has 0 aliphatic carbocycles. The van der Waals surface area contributed by atoms with Crippen LogP contribution in [0.4, 0.5) is 0 Å². The van der Waals surface area contributed by atoms with E-state index in [4.69, 9.17) is 5.11 Å². The van der Waals surface area contributed by atoms with E-state index < -0.39 is 30.0 Å². The van der Waals surface area contributed by atoms with Crippen LogP contribution in [0.3, 0.4) is 0 Å². The van der Waals surface area contributed by atoms with Gasteiger partial charge in [-0.2, -0.15) is 0 Å². The standard InChI is InChI=1S/C12H21NO6/c1-7(2)6-9(14)11(16)13-8(12(17)18)4-5-10(15)19-3/h7-9,14H,4-6H2,1-3H3,(H,13,16)(H,17,18)/t8-,9-/m1/s1. The summed E-state index contributed by atoms with van der Waals surface area (Å²) < 4.78 is 4.39. The molecule has 2 atom stereocenters. The molecule has 0 aromatic carbocycles. The average molecular weight is 275 g/mol. The topological polar surface area (TPSA) is 113 Å². The number of ether oxygens (including phenoxy) is 1. The Morgan fingerprint density at radius 1 is 1.26 bits per heavy atom.